The van der Waals surface area contributed by atoms with Gasteiger partial charge in [-0.3, -0.25) is 0 Å². The van der Waals surface area contributed by atoms with Gasteiger partial charge in [-0.2, -0.15) is 0 Å². The lowest BCUT2D eigenvalue weighted by Gasteiger charge is -2.17. The van der Waals surface area contributed by atoms with E-state index in [4.69, 9.17) is 0 Å². The first-order valence-corrected chi connectivity index (χ1v) is 6.29. The molecule has 0 radical (unpaired) electrons. The van der Waals surface area contributed by atoms with Crippen molar-refractivity contribution in [3.05, 3.63) is 47.8 Å². The second-order valence-electron chi connectivity index (χ2n) is 4.88. The van der Waals surface area contributed by atoms with Crippen molar-refractivity contribution < 1.29 is 5.11 Å². The molecule has 4 nitrogen and oxygen atoms in total. The Morgan fingerprint density at radius 3 is 2.47 bits per heavy atom. The van der Waals surface area contributed by atoms with Gasteiger partial charge in [-0.05, 0) is 21.0 Å². The third-order valence-electron chi connectivity index (χ3n) is 2.95. The van der Waals surface area contributed by atoms with Crippen molar-refractivity contribution in [1.82, 2.24) is 14.9 Å². The number of hydrogen-bond donors (Lipinski definition) is 1. The largest absolute Gasteiger partial charge is 0.387 e. The first kappa shape index (κ1) is 13.6. The molecule has 2 aromatic rings. The summed E-state index contributed by atoms with van der Waals surface area (Å²) in [5.41, 5.74) is 2.59. The molecular formula is C15H19N3O. The van der Waals surface area contributed by atoms with Gasteiger partial charge in [0.15, 0.2) is 5.82 Å². The van der Waals surface area contributed by atoms with Crippen LogP contribution in [0.2, 0.25) is 0 Å². The van der Waals surface area contributed by atoms with E-state index in [2.05, 4.69) is 9.97 Å². The highest BCUT2D eigenvalue weighted by Crippen LogP contribution is 2.20. The number of rotatable bonds is 4. The maximum absolute atomic E-state index is 10.1. The van der Waals surface area contributed by atoms with Gasteiger partial charge >= 0.3 is 0 Å². The summed E-state index contributed by atoms with van der Waals surface area (Å²) in [6.07, 6.45) is 1.17. The minimum Gasteiger partial charge on any atom is -0.387 e. The molecule has 0 aliphatic rings. The average molecular weight is 257 g/mol. The van der Waals surface area contributed by atoms with E-state index < -0.39 is 6.10 Å². The quantitative estimate of drug-likeness (QED) is 0.910. The normalized spacial score (nSPS) is 12.7. The number of likely N-dealkylation sites (N-methyl/N-ethyl adjacent to an activating group) is 1. The van der Waals surface area contributed by atoms with Crippen LogP contribution in [0.15, 0.2) is 36.5 Å². The molecular weight excluding hydrogens is 238 g/mol. The SMILES string of the molecule is Cc1nc(-c2ccccc2)ncc1C(O)CN(C)C. The van der Waals surface area contributed by atoms with Crippen LogP contribution in [0.1, 0.15) is 17.4 Å². The summed E-state index contributed by atoms with van der Waals surface area (Å²) in [4.78, 5) is 10.8. The van der Waals surface area contributed by atoms with Crippen molar-refractivity contribution in [2.24, 2.45) is 0 Å². The molecule has 1 unspecified atom stereocenters. The molecule has 1 aromatic heterocycles. The molecule has 0 fully saturated rings. The van der Waals surface area contributed by atoms with Gasteiger partial charge in [-0.25, -0.2) is 9.97 Å². The van der Waals surface area contributed by atoms with Crippen LogP contribution in [-0.4, -0.2) is 40.6 Å². The third kappa shape index (κ3) is 3.36. The fraction of sp³-hybridized carbons (Fsp3) is 0.333. The molecule has 0 amide bonds. The smallest absolute Gasteiger partial charge is 0.159 e. The maximum atomic E-state index is 10.1. The van der Waals surface area contributed by atoms with E-state index in [-0.39, 0.29) is 0 Å². The first-order chi connectivity index (χ1) is 9.08. The minimum atomic E-state index is -0.556. The van der Waals surface area contributed by atoms with Crippen molar-refractivity contribution in [3.8, 4) is 11.4 Å². The number of aryl methyl sites for hydroxylation is 1. The summed E-state index contributed by atoms with van der Waals surface area (Å²) < 4.78 is 0. The predicted molar refractivity (Wildman–Crippen MR) is 75.7 cm³/mol. The monoisotopic (exact) mass is 257 g/mol. The number of aromatic nitrogens is 2. The van der Waals surface area contributed by atoms with Crippen molar-refractivity contribution >= 4 is 0 Å². The van der Waals surface area contributed by atoms with Crippen molar-refractivity contribution in [3.63, 3.8) is 0 Å². The number of aliphatic hydroxyl groups excluding tert-OH is 1. The van der Waals surface area contributed by atoms with Gasteiger partial charge in [-0.15, -0.1) is 0 Å². The van der Waals surface area contributed by atoms with Crippen LogP contribution in [0.5, 0.6) is 0 Å². The highest BCUT2D eigenvalue weighted by Gasteiger charge is 2.14. The third-order valence-corrected chi connectivity index (χ3v) is 2.95. The second kappa shape index (κ2) is 5.91. The van der Waals surface area contributed by atoms with Crippen LogP contribution in [0.25, 0.3) is 11.4 Å². The molecule has 1 N–H and O–H groups in total. The highest BCUT2D eigenvalue weighted by molar-refractivity contribution is 5.54. The summed E-state index contributed by atoms with van der Waals surface area (Å²) in [5.74, 6) is 0.693. The molecule has 0 saturated carbocycles. The van der Waals surface area contributed by atoms with Crippen molar-refractivity contribution in [2.45, 2.75) is 13.0 Å². The first-order valence-electron chi connectivity index (χ1n) is 6.29. The van der Waals surface area contributed by atoms with E-state index in [1.54, 1.807) is 6.20 Å². The molecule has 4 heteroatoms. The predicted octanol–water partition coefficient (Wildman–Crippen LogP) is 2.05. The topological polar surface area (TPSA) is 49.3 Å². The Kier molecular flexibility index (Phi) is 4.24. The second-order valence-corrected chi connectivity index (χ2v) is 4.88. The fourth-order valence-corrected chi connectivity index (χ4v) is 1.97. The zero-order valence-corrected chi connectivity index (χ0v) is 11.5. The lowest BCUT2D eigenvalue weighted by molar-refractivity contribution is 0.137. The van der Waals surface area contributed by atoms with Gasteiger partial charge in [0.25, 0.3) is 0 Å². The van der Waals surface area contributed by atoms with Gasteiger partial charge in [0.05, 0.1) is 6.10 Å². The Bertz CT molecular complexity index is 540. The number of benzene rings is 1. The van der Waals surface area contributed by atoms with Crippen molar-refractivity contribution in [2.75, 3.05) is 20.6 Å². The molecule has 0 saturated heterocycles. The van der Waals surface area contributed by atoms with Gasteiger partial charge in [-0.1, -0.05) is 30.3 Å². The zero-order valence-electron chi connectivity index (χ0n) is 11.5. The molecule has 0 spiro atoms. The summed E-state index contributed by atoms with van der Waals surface area (Å²) in [6, 6.07) is 9.84. The Hall–Kier alpha value is -1.78. The molecule has 1 heterocycles. The molecule has 1 aromatic carbocycles. The maximum Gasteiger partial charge on any atom is 0.159 e. The summed E-state index contributed by atoms with van der Waals surface area (Å²) in [5, 5.41) is 10.1. The molecule has 100 valence electrons. The van der Waals surface area contributed by atoms with Gasteiger partial charge in [0.2, 0.25) is 0 Å². The lowest BCUT2D eigenvalue weighted by Crippen LogP contribution is -2.21. The highest BCUT2D eigenvalue weighted by atomic mass is 16.3. The Morgan fingerprint density at radius 1 is 1.21 bits per heavy atom. The Labute approximate surface area is 113 Å². The fourth-order valence-electron chi connectivity index (χ4n) is 1.97. The number of aliphatic hydroxyl groups is 1. The van der Waals surface area contributed by atoms with E-state index in [0.29, 0.717) is 12.4 Å². The average Bonchev–Trinajstić information content (AvgIpc) is 2.38. The van der Waals surface area contributed by atoms with Crippen LogP contribution in [0, 0.1) is 6.92 Å². The van der Waals surface area contributed by atoms with E-state index >= 15 is 0 Å². The van der Waals surface area contributed by atoms with Crippen LogP contribution in [0.3, 0.4) is 0 Å². The van der Waals surface area contributed by atoms with Crippen LogP contribution < -0.4 is 0 Å². The van der Waals surface area contributed by atoms with Crippen LogP contribution >= 0.6 is 0 Å². The zero-order chi connectivity index (χ0) is 13.8. The molecule has 0 aliphatic carbocycles. The minimum absolute atomic E-state index is 0.556. The van der Waals surface area contributed by atoms with E-state index in [1.165, 1.54) is 0 Å². The Morgan fingerprint density at radius 2 is 1.89 bits per heavy atom. The van der Waals surface area contributed by atoms with Crippen molar-refractivity contribution in [1.29, 1.82) is 0 Å². The summed E-state index contributed by atoms with van der Waals surface area (Å²) in [7, 11) is 3.86. The van der Waals surface area contributed by atoms with Gasteiger partial charge in [0, 0.05) is 29.6 Å². The summed E-state index contributed by atoms with van der Waals surface area (Å²) >= 11 is 0. The lowest BCUT2D eigenvalue weighted by atomic mass is 10.1. The number of nitrogens with zero attached hydrogens (tertiary/aromatic N) is 3. The van der Waals surface area contributed by atoms with E-state index in [1.807, 2.05) is 56.3 Å². The molecule has 0 bridgehead atoms. The van der Waals surface area contributed by atoms with Gasteiger partial charge < -0.3 is 10.0 Å². The molecule has 19 heavy (non-hydrogen) atoms. The Balaban J connectivity index is 2.27. The molecule has 2 rings (SSSR count). The van der Waals surface area contributed by atoms with Gasteiger partial charge in [0.1, 0.15) is 0 Å². The molecule has 1 atom stereocenters. The van der Waals surface area contributed by atoms with Crippen LogP contribution in [0.4, 0.5) is 0 Å². The molecule has 0 aliphatic heterocycles. The summed E-state index contributed by atoms with van der Waals surface area (Å²) in [6.45, 7) is 2.47. The van der Waals surface area contributed by atoms with Crippen LogP contribution in [-0.2, 0) is 0 Å². The van der Waals surface area contributed by atoms with E-state index in [0.717, 1.165) is 16.8 Å². The number of hydrogen-bond acceptors (Lipinski definition) is 4. The van der Waals surface area contributed by atoms with E-state index in [9.17, 15) is 5.11 Å². The standard InChI is InChI=1S/C15H19N3O/c1-11-13(14(19)10-18(2)3)9-16-15(17-11)12-7-5-4-6-8-12/h4-9,14,19H,10H2,1-3H3.